The van der Waals surface area contributed by atoms with Crippen LogP contribution in [0.25, 0.3) is 0 Å². The molecule has 13 heavy (non-hydrogen) atoms. The topological polar surface area (TPSA) is 57.5 Å². The summed E-state index contributed by atoms with van der Waals surface area (Å²) in [5.74, 6) is -1.78. The van der Waals surface area contributed by atoms with E-state index in [9.17, 15) is 14.3 Å². The van der Waals surface area contributed by atoms with Crippen molar-refractivity contribution in [1.29, 1.82) is 0 Å². The smallest absolute Gasteiger partial charge is 0.307 e. The molecule has 0 fully saturated rings. The molecule has 0 aliphatic heterocycles. The first-order valence-corrected chi connectivity index (χ1v) is 3.70. The van der Waals surface area contributed by atoms with Gasteiger partial charge in [-0.2, -0.15) is 0 Å². The molecule has 0 saturated heterocycles. The first kappa shape index (κ1) is 9.51. The normalized spacial score (nSPS) is 10.0. The highest BCUT2D eigenvalue weighted by atomic mass is 19.1. The van der Waals surface area contributed by atoms with E-state index < -0.39 is 11.8 Å². The molecule has 0 spiro atoms. The molecule has 0 radical (unpaired) electrons. The van der Waals surface area contributed by atoms with Gasteiger partial charge in [0.2, 0.25) is 0 Å². The van der Waals surface area contributed by atoms with E-state index in [4.69, 9.17) is 5.11 Å². The number of halogens is 1. The molecular weight excluding hydrogens is 175 g/mol. The Morgan fingerprint density at radius 2 is 2.15 bits per heavy atom. The fourth-order valence-electron chi connectivity index (χ4n) is 1.10. The van der Waals surface area contributed by atoms with Gasteiger partial charge in [-0.15, -0.1) is 0 Å². The Hall–Kier alpha value is -1.58. The van der Waals surface area contributed by atoms with Crippen molar-refractivity contribution in [2.45, 2.75) is 13.3 Å². The molecule has 0 amide bonds. The summed E-state index contributed by atoms with van der Waals surface area (Å²) in [7, 11) is 0. The van der Waals surface area contributed by atoms with E-state index in [-0.39, 0.29) is 17.7 Å². The molecule has 0 saturated carbocycles. The van der Waals surface area contributed by atoms with Crippen molar-refractivity contribution in [3.63, 3.8) is 0 Å². The molecule has 1 aromatic rings. The van der Waals surface area contributed by atoms with Crippen LogP contribution in [0.5, 0.6) is 5.75 Å². The van der Waals surface area contributed by atoms with Gasteiger partial charge in [-0.3, -0.25) is 4.79 Å². The minimum absolute atomic E-state index is 0.102. The van der Waals surface area contributed by atoms with Gasteiger partial charge in [0.15, 0.2) is 0 Å². The molecule has 0 heterocycles. The first-order valence-electron chi connectivity index (χ1n) is 3.70. The number of phenolic OH excluding ortho intramolecular Hbond substituents is 1. The Balaban J connectivity index is 3.12. The second-order valence-corrected chi connectivity index (χ2v) is 2.80. The van der Waals surface area contributed by atoms with Gasteiger partial charge in [-0.05, 0) is 24.6 Å². The fourth-order valence-corrected chi connectivity index (χ4v) is 1.10. The highest BCUT2D eigenvalue weighted by molar-refractivity contribution is 5.71. The summed E-state index contributed by atoms with van der Waals surface area (Å²) in [6, 6.07) is 2.18. The zero-order valence-corrected chi connectivity index (χ0v) is 7.04. The molecule has 0 unspecified atom stereocenters. The number of hydrogen-bond acceptors (Lipinski definition) is 2. The number of aryl methyl sites for hydroxylation is 1. The lowest BCUT2D eigenvalue weighted by Gasteiger charge is -2.04. The number of rotatable bonds is 2. The Kier molecular flexibility index (Phi) is 2.51. The van der Waals surface area contributed by atoms with Crippen molar-refractivity contribution in [3.05, 3.63) is 29.1 Å². The van der Waals surface area contributed by atoms with Gasteiger partial charge in [-0.25, -0.2) is 4.39 Å². The fraction of sp³-hybridized carbons (Fsp3) is 0.222. The van der Waals surface area contributed by atoms with Gasteiger partial charge in [-0.1, -0.05) is 0 Å². The van der Waals surface area contributed by atoms with Crippen LogP contribution < -0.4 is 0 Å². The molecule has 1 rings (SSSR count). The largest absolute Gasteiger partial charge is 0.507 e. The van der Waals surface area contributed by atoms with E-state index in [1.165, 1.54) is 6.92 Å². The predicted octanol–water partition coefficient (Wildman–Crippen LogP) is 1.47. The quantitative estimate of drug-likeness (QED) is 0.731. The minimum atomic E-state index is -1.10. The number of carboxylic acid groups (broad SMARTS) is 1. The van der Waals surface area contributed by atoms with E-state index in [0.29, 0.717) is 5.56 Å². The van der Waals surface area contributed by atoms with Gasteiger partial charge < -0.3 is 10.2 Å². The molecule has 2 N–H and O–H groups in total. The summed E-state index contributed by atoms with van der Waals surface area (Å²) in [6.07, 6.45) is -0.371. The standard InChI is InChI=1S/C9H9FO3/c1-5-2-7(10)3-6(9(5)13)4-8(11)12/h2-3,13H,4H2,1H3,(H,11,12). The Labute approximate surface area is 74.4 Å². The van der Waals surface area contributed by atoms with E-state index in [0.717, 1.165) is 12.1 Å². The van der Waals surface area contributed by atoms with E-state index in [1.807, 2.05) is 0 Å². The van der Waals surface area contributed by atoms with Crippen LogP contribution in [0.4, 0.5) is 4.39 Å². The van der Waals surface area contributed by atoms with Crippen LogP contribution in [0.2, 0.25) is 0 Å². The number of aliphatic carboxylic acids is 1. The van der Waals surface area contributed by atoms with Crippen LogP contribution in [0.15, 0.2) is 12.1 Å². The summed E-state index contributed by atoms with van der Waals surface area (Å²) in [6.45, 7) is 1.52. The van der Waals surface area contributed by atoms with Crippen LogP contribution >= 0.6 is 0 Å². The van der Waals surface area contributed by atoms with Crippen LogP contribution in [-0.2, 0) is 11.2 Å². The summed E-state index contributed by atoms with van der Waals surface area (Å²) in [5.41, 5.74) is 0.446. The van der Waals surface area contributed by atoms with Crippen LogP contribution in [0, 0.1) is 12.7 Å². The van der Waals surface area contributed by atoms with Gasteiger partial charge in [0.1, 0.15) is 11.6 Å². The zero-order chi connectivity index (χ0) is 10.0. The van der Waals surface area contributed by atoms with Crippen molar-refractivity contribution in [2.24, 2.45) is 0 Å². The van der Waals surface area contributed by atoms with E-state index >= 15 is 0 Å². The van der Waals surface area contributed by atoms with Gasteiger partial charge in [0, 0.05) is 5.56 Å². The molecule has 3 nitrogen and oxygen atoms in total. The Morgan fingerprint density at radius 1 is 1.54 bits per heavy atom. The maximum Gasteiger partial charge on any atom is 0.307 e. The number of carboxylic acids is 1. The summed E-state index contributed by atoms with van der Waals surface area (Å²) in [4.78, 5) is 10.3. The highest BCUT2D eigenvalue weighted by Gasteiger charge is 2.09. The molecule has 70 valence electrons. The lowest BCUT2D eigenvalue weighted by molar-refractivity contribution is -0.136. The second-order valence-electron chi connectivity index (χ2n) is 2.80. The first-order chi connectivity index (χ1) is 6.00. The maximum atomic E-state index is 12.8. The number of aromatic hydroxyl groups is 1. The minimum Gasteiger partial charge on any atom is -0.507 e. The molecule has 0 aliphatic rings. The maximum absolute atomic E-state index is 12.8. The molecule has 0 bridgehead atoms. The van der Waals surface area contributed by atoms with Crippen molar-refractivity contribution >= 4 is 5.97 Å². The third-order valence-electron chi connectivity index (χ3n) is 1.69. The SMILES string of the molecule is Cc1cc(F)cc(CC(=O)O)c1O. The highest BCUT2D eigenvalue weighted by Crippen LogP contribution is 2.23. The number of hydrogen-bond donors (Lipinski definition) is 2. The molecule has 0 atom stereocenters. The molecule has 0 aromatic heterocycles. The van der Waals surface area contributed by atoms with Gasteiger partial charge >= 0.3 is 5.97 Å². The van der Waals surface area contributed by atoms with E-state index in [2.05, 4.69) is 0 Å². The Morgan fingerprint density at radius 3 is 2.69 bits per heavy atom. The molecule has 4 heteroatoms. The van der Waals surface area contributed by atoms with Gasteiger partial charge in [0.05, 0.1) is 6.42 Å². The monoisotopic (exact) mass is 184 g/mol. The van der Waals surface area contributed by atoms with Crippen molar-refractivity contribution in [3.8, 4) is 5.75 Å². The molecule has 0 aliphatic carbocycles. The van der Waals surface area contributed by atoms with Gasteiger partial charge in [0.25, 0.3) is 0 Å². The summed E-state index contributed by atoms with van der Waals surface area (Å²) >= 11 is 0. The summed E-state index contributed by atoms with van der Waals surface area (Å²) < 4.78 is 12.8. The average molecular weight is 184 g/mol. The predicted molar refractivity (Wildman–Crippen MR) is 44.1 cm³/mol. The van der Waals surface area contributed by atoms with Crippen LogP contribution in [0.1, 0.15) is 11.1 Å². The third kappa shape index (κ3) is 2.18. The van der Waals surface area contributed by atoms with Crippen molar-refractivity contribution in [1.82, 2.24) is 0 Å². The zero-order valence-electron chi connectivity index (χ0n) is 7.04. The second kappa shape index (κ2) is 3.43. The Bertz CT molecular complexity index is 347. The van der Waals surface area contributed by atoms with Crippen molar-refractivity contribution in [2.75, 3.05) is 0 Å². The van der Waals surface area contributed by atoms with Crippen LogP contribution in [-0.4, -0.2) is 16.2 Å². The molecular formula is C9H9FO3. The summed E-state index contributed by atoms with van der Waals surface area (Å²) in [5, 5.41) is 17.8. The number of benzene rings is 1. The van der Waals surface area contributed by atoms with Crippen LogP contribution in [0.3, 0.4) is 0 Å². The molecule has 1 aromatic carbocycles. The third-order valence-corrected chi connectivity index (χ3v) is 1.69. The lowest BCUT2D eigenvalue weighted by atomic mass is 10.1. The van der Waals surface area contributed by atoms with E-state index in [1.54, 1.807) is 0 Å². The van der Waals surface area contributed by atoms with Crippen molar-refractivity contribution < 1.29 is 19.4 Å². The number of carbonyl (C=O) groups is 1. The lowest BCUT2D eigenvalue weighted by Crippen LogP contribution is -2.01. The average Bonchev–Trinajstić information content (AvgIpc) is 1.98. The number of phenols is 1.